The molecule has 1 aliphatic heterocycles. The lowest BCUT2D eigenvalue weighted by Gasteiger charge is -2.05. The Morgan fingerprint density at radius 3 is 3.15 bits per heavy atom. The highest BCUT2D eigenvalue weighted by Gasteiger charge is 2.24. The third-order valence-corrected chi connectivity index (χ3v) is 3.46. The molecule has 20 heavy (non-hydrogen) atoms. The Kier molecular flexibility index (Phi) is 2.48. The van der Waals surface area contributed by atoms with Gasteiger partial charge in [0.1, 0.15) is 6.33 Å². The molecule has 1 aliphatic rings. The van der Waals surface area contributed by atoms with Crippen molar-refractivity contribution in [1.29, 1.82) is 0 Å². The second-order valence-electron chi connectivity index (χ2n) is 4.72. The zero-order chi connectivity index (χ0) is 13.4. The molecule has 100 valence electrons. The number of H-pyrrole nitrogens is 1. The summed E-state index contributed by atoms with van der Waals surface area (Å²) in [5.74, 6) is 1.93. The molecule has 0 radical (unpaired) electrons. The Balaban J connectivity index is 1.56. The minimum atomic E-state index is 0.356. The number of aromatic amines is 1. The van der Waals surface area contributed by atoms with Gasteiger partial charge in [-0.1, -0.05) is 23.4 Å². The highest BCUT2D eigenvalue weighted by atomic mass is 16.5. The van der Waals surface area contributed by atoms with Crippen molar-refractivity contribution >= 4 is 5.69 Å². The summed E-state index contributed by atoms with van der Waals surface area (Å²) in [4.78, 5) is 8.35. The van der Waals surface area contributed by atoms with E-state index in [1.807, 2.05) is 12.1 Å². The summed E-state index contributed by atoms with van der Waals surface area (Å²) < 4.78 is 5.29. The molecule has 1 unspecified atom stereocenters. The summed E-state index contributed by atoms with van der Waals surface area (Å²) in [5, 5.41) is 13.8. The first kappa shape index (κ1) is 11.2. The molecule has 2 aromatic heterocycles. The number of anilines is 1. The van der Waals surface area contributed by atoms with E-state index in [0.29, 0.717) is 29.9 Å². The van der Waals surface area contributed by atoms with Gasteiger partial charge < -0.3 is 9.84 Å². The largest absolute Gasteiger partial charge is 0.384 e. The van der Waals surface area contributed by atoms with Gasteiger partial charge in [0.2, 0.25) is 11.7 Å². The van der Waals surface area contributed by atoms with Crippen molar-refractivity contribution in [1.82, 2.24) is 25.3 Å². The highest BCUT2D eigenvalue weighted by molar-refractivity contribution is 5.57. The molecule has 0 spiro atoms. The lowest BCUT2D eigenvalue weighted by molar-refractivity contribution is 0.371. The maximum absolute atomic E-state index is 5.29. The first-order chi connectivity index (χ1) is 9.90. The smallest absolute Gasteiger partial charge is 0.239 e. The Labute approximate surface area is 114 Å². The number of benzene rings is 1. The van der Waals surface area contributed by atoms with E-state index in [-0.39, 0.29) is 0 Å². The standard InChI is InChI=1S/C13H12N6O/c1-2-4-10-9(3-1)8(6-14-10)5-11-17-13(19-20-11)12-15-7-16-18-12/h1-4,7-8,14H,5-6H2,(H,15,16,18). The van der Waals surface area contributed by atoms with Crippen LogP contribution in [0.25, 0.3) is 11.6 Å². The molecule has 7 nitrogen and oxygen atoms in total. The summed E-state index contributed by atoms with van der Waals surface area (Å²) in [6.07, 6.45) is 2.13. The number of fused-ring (bicyclic) bond motifs is 1. The minimum absolute atomic E-state index is 0.356. The van der Waals surface area contributed by atoms with Gasteiger partial charge in [-0.05, 0) is 11.6 Å². The van der Waals surface area contributed by atoms with E-state index in [1.165, 1.54) is 17.6 Å². The fraction of sp³-hybridized carbons (Fsp3) is 0.231. The van der Waals surface area contributed by atoms with Gasteiger partial charge in [-0.15, -0.1) is 0 Å². The maximum Gasteiger partial charge on any atom is 0.239 e. The predicted molar refractivity (Wildman–Crippen MR) is 71.1 cm³/mol. The van der Waals surface area contributed by atoms with Crippen molar-refractivity contribution in [2.45, 2.75) is 12.3 Å². The van der Waals surface area contributed by atoms with E-state index >= 15 is 0 Å². The molecule has 0 bridgehead atoms. The zero-order valence-electron chi connectivity index (χ0n) is 10.6. The Hall–Kier alpha value is -2.70. The third-order valence-electron chi connectivity index (χ3n) is 3.46. The monoisotopic (exact) mass is 268 g/mol. The van der Waals surface area contributed by atoms with Gasteiger partial charge >= 0.3 is 0 Å². The number of rotatable bonds is 3. The molecule has 4 rings (SSSR count). The van der Waals surface area contributed by atoms with Crippen LogP contribution in [0.15, 0.2) is 35.1 Å². The van der Waals surface area contributed by atoms with E-state index < -0.39 is 0 Å². The Morgan fingerprint density at radius 1 is 1.30 bits per heavy atom. The van der Waals surface area contributed by atoms with E-state index in [0.717, 1.165) is 6.54 Å². The first-order valence-electron chi connectivity index (χ1n) is 6.41. The van der Waals surface area contributed by atoms with Crippen LogP contribution in [0.3, 0.4) is 0 Å². The number of para-hydroxylation sites is 1. The Bertz CT molecular complexity index is 720. The van der Waals surface area contributed by atoms with Gasteiger partial charge in [0.15, 0.2) is 5.82 Å². The van der Waals surface area contributed by atoms with Crippen LogP contribution in [0.2, 0.25) is 0 Å². The first-order valence-corrected chi connectivity index (χ1v) is 6.41. The highest BCUT2D eigenvalue weighted by Crippen LogP contribution is 2.33. The van der Waals surface area contributed by atoms with Crippen LogP contribution in [0, 0.1) is 0 Å². The minimum Gasteiger partial charge on any atom is -0.384 e. The van der Waals surface area contributed by atoms with Crippen LogP contribution >= 0.6 is 0 Å². The fourth-order valence-electron chi connectivity index (χ4n) is 2.50. The molecule has 3 aromatic rings. The lowest BCUT2D eigenvalue weighted by Crippen LogP contribution is -2.05. The van der Waals surface area contributed by atoms with Gasteiger partial charge in [0.05, 0.1) is 0 Å². The number of hydrogen-bond donors (Lipinski definition) is 2. The van der Waals surface area contributed by atoms with Crippen molar-refractivity contribution in [3.63, 3.8) is 0 Å². The van der Waals surface area contributed by atoms with E-state index in [9.17, 15) is 0 Å². The lowest BCUT2D eigenvalue weighted by atomic mass is 9.98. The second-order valence-corrected chi connectivity index (χ2v) is 4.72. The van der Waals surface area contributed by atoms with Crippen LogP contribution in [0.1, 0.15) is 17.4 Å². The zero-order valence-corrected chi connectivity index (χ0v) is 10.6. The van der Waals surface area contributed by atoms with Crippen molar-refractivity contribution in [2.24, 2.45) is 0 Å². The molecule has 0 amide bonds. The molecule has 2 N–H and O–H groups in total. The van der Waals surface area contributed by atoms with Crippen molar-refractivity contribution in [3.05, 3.63) is 42.0 Å². The van der Waals surface area contributed by atoms with Gasteiger partial charge in [-0.25, -0.2) is 4.98 Å². The van der Waals surface area contributed by atoms with Gasteiger partial charge in [0.25, 0.3) is 0 Å². The summed E-state index contributed by atoms with van der Waals surface area (Å²) in [7, 11) is 0. The predicted octanol–water partition coefficient (Wildman–Crippen LogP) is 1.61. The van der Waals surface area contributed by atoms with Gasteiger partial charge in [-0.2, -0.15) is 10.1 Å². The molecular formula is C13H12N6O. The van der Waals surface area contributed by atoms with E-state index in [2.05, 4.69) is 42.8 Å². The van der Waals surface area contributed by atoms with Gasteiger partial charge in [-0.3, -0.25) is 5.10 Å². The molecule has 1 aromatic carbocycles. The summed E-state index contributed by atoms with van der Waals surface area (Å²) in [5.41, 5.74) is 2.49. The van der Waals surface area contributed by atoms with Crippen molar-refractivity contribution in [3.8, 4) is 11.6 Å². The van der Waals surface area contributed by atoms with Crippen LogP contribution in [-0.4, -0.2) is 31.9 Å². The molecule has 0 saturated carbocycles. The topological polar surface area (TPSA) is 92.5 Å². The quantitative estimate of drug-likeness (QED) is 0.749. The maximum atomic E-state index is 5.29. The summed E-state index contributed by atoms with van der Waals surface area (Å²) in [6.45, 7) is 0.888. The fourth-order valence-corrected chi connectivity index (χ4v) is 2.50. The average molecular weight is 268 g/mol. The van der Waals surface area contributed by atoms with Crippen molar-refractivity contribution < 1.29 is 4.52 Å². The van der Waals surface area contributed by atoms with Crippen molar-refractivity contribution in [2.75, 3.05) is 11.9 Å². The van der Waals surface area contributed by atoms with Gasteiger partial charge in [0, 0.05) is 24.6 Å². The molecule has 3 heterocycles. The second kappa shape index (κ2) is 4.44. The number of nitrogens with one attached hydrogen (secondary N) is 2. The third kappa shape index (κ3) is 1.83. The van der Waals surface area contributed by atoms with Crippen LogP contribution < -0.4 is 5.32 Å². The Morgan fingerprint density at radius 2 is 2.25 bits per heavy atom. The normalized spacial score (nSPS) is 16.9. The average Bonchev–Trinajstić information content (AvgIpc) is 3.19. The SMILES string of the molecule is c1ccc2c(c1)NCC2Cc1nc(-c2ncn[nH]2)no1. The number of hydrogen-bond acceptors (Lipinski definition) is 6. The van der Waals surface area contributed by atoms with E-state index in [4.69, 9.17) is 4.52 Å². The molecule has 0 fully saturated rings. The molecule has 7 heteroatoms. The van der Waals surface area contributed by atoms with Crippen LogP contribution in [0.4, 0.5) is 5.69 Å². The van der Waals surface area contributed by atoms with E-state index in [1.54, 1.807) is 0 Å². The number of aromatic nitrogens is 5. The van der Waals surface area contributed by atoms with Crippen LogP contribution in [0.5, 0.6) is 0 Å². The molecular weight excluding hydrogens is 256 g/mol. The molecule has 1 atom stereocenters. The summed E-state index contributed by atoms with van der Waals surface area (Å²) in [6, 6.07) is 8.30. The summed E-state index contributed by atoms with van der Waals surface area (Å²) >= 11 is 0. The molecule has 0 aliphatic carbocycles. The molecule has 0 saturated heterocycles. The van der Waals surface area contributed by atoms with Crippen LogP contribution in [-0.2, 0) is 6.42 Å². The number of nitrogens with zero attached hydrogens (tertiary/aromatic N) is 4.